The third-order valence-corrected chi connectivity index (χ3v) is 9.50. The smallest absolute Gasteiger partial charge is 0.303 e. The summed E-state index contributed by atoms with van der Waals surface area (Å²) in [6, 6.07) is 0. The first-order valence-electron chi connectivity index (χ1n) is 11.9. The summed E-state index contributed by atoms with van der Waals surface area (Å²) in [5, 5.41) is 0. The van der Waals surface area contributed by atoms with Crippen LogP contribution in [0.15, 0.2) is 0 Å². The molecule has 8 atom stereocenters. The first kappa shape index (κ1) is 22.0. The number of ether oxygens (including phenoxy) is 2. The van der Waals surface area contributed by atoms with Gasteiger partial charge in [-0.05, 0) is 73.0 Å². The van der Waals surface area contributed by atoms with Gasteiger partial charge in [0.15, 0.2) is 5.78 Å². The summed E-state index contributed by atoms with van der Waals surface area (Å²) in [4.78, 5) is 36.2. The molecule has 0 aromatic heterocycles. The van der Waals surface area contributed by atoms with Crippen molar-refractivity contribution >= 4 is 17.5 Å². The lowest BCUT2D eigenvalue weighted by Crippen LogP contribution is -2.45. The number of rotatable bonds is 5. The molecule has 5 heteroatoms. The number of carbonyl (C=O) groups excluding carboxylic acids is 3. The molecule has 0 aromatic rings. The van der Waals surface area contributed by atoms with Gasteiger partial charge in [-0.2, -0.15) is 0 Å². The molecule has 1 aliphatic heterocycles. The van der Waals surface area contributed by atoms with Gasteiger partial charge in [-0.3, -0.25) is 14.4 Å². The average molecular weight is 419 g/mol. The molecule has 4 aliphatic rings. The van der Waals surface area contributed by atoms with Gasteiger partial charge in [-0.25, -0.2) is 0 Å². The quantitative estimate of drug-likeness (QED) is 0.621. The standard InChI is InChI=1S/C25H38O5/c1-15-7-10-25(4)19(5-6-20(25)22(28)13-29-16(2)26)18(15)12-23-21-11-17(27)8-9-24(21,3)14-30-23/h15,18-21,23H,5-14H2,1-4H3/t15?,18?,19?,20-,21?,23?,24?,25?/m1/s1. The maximum Gasteiger partial charge on any atom is 0.303 e. The molecule has 0 amide bonds. The van der Waals surface area contributed by atoms with Crippen LogP contribution >= 0.6 is 0 Å². The van der Waals surface area contributed by atoms with Crippen LogP contribution in [0, 0.1) is 40.4 Å². The Kier molecular flexibility index (Phi) is 5.89. The van der Waals surface area contributed by atoms with Gasteiger partial charge in [-0.1, -0.05) is 20.8 Å². The molecule has 5 nitrogen and oxygen atoms in total. The minimum absolute atomic E-state index is 0.0112. The van der Waals surface area contributed by atoms with E-state index in [0.717, 1.165) is 45.1 Å². The van der Waals surface area contributed by atoms with Crippen molar-refractivity contribution in [3.63, 3.8) is 0 Å². The fraction of sp³-hybridized carbons (Fsp3) is 0.880. The Bertz CT molecular complexity index is 716. The first-order chi connectivity index (χ1) is 14.1. The van der Waals surface area contributed by atoms with Crippen molar-refractivity contribution in [2.45, 2.75) is 85.2 Å². The van der Waals surface area contributed by atoms with Gasteiger partial charge in [-0.15, -0.1) is 0 Å². The van der Waals surface area contributed by atoms with Crippen LogP contribution in [0.25, 0.3) is 0 Å². The van der Waals surface area contributed by atoms with Crippen LogP contribution in [-0.2, 0) is 23.9 Å². The van der Waals surface area contributed by atoms with Gasteiger partial charge in [0.25, 0.3) is 0 Å². The number of hydrogen-bond donors (Lipinski definition) is 0. The molecule has 0 spiro atoms. The monoisotopic (exact) mass is 418 g/mol. The highest BCUT2D eigenvalue weighted by Crippen LogP contribution is 2.61. The van der Waals surface area contributed by atoms with Crippen molar-refractivity contribution in [1.82, 2.24) is 0 Å². The van der Waals surface area contributed by atoms with Crippen molar-refractivity contribution in [3.8, 4) is 0 Å². The zero-order valence-corrected chi connectivity index (χ0v) is 19.1. The largest absolute Gasteiger partial charge is 0.458 e. The van der Waals surface area contributed by atoms with Crippen LogP contribution < -0.4 is 0 Å². The number of hydrogen-bond acceptors (Lipinski definition) is 5. The number of Topliss-reactive ketones (excluding diaryl/α,β-unsaturated/α-hetero) is 2. The Hall–Kier alpha value is -1.23. The van der Waals surface area contributed by atoms with E-state index < -0.39 is 0 Å². The minimum atomic E-state index is -0.387. The number of ketones is 2. The van der Waals surface area contributed by atoms with Crippen molar-refractivity contribution < 1.29 is 23.9 Å². The van der Waals surface area contributed by atoms with E-state index in [4.69, 9.17) is 9.47 Å². The van der Waals surface area contributed by atoms with Crippen LogP contribution in [0.4, 0.5) is 0 Å². The van der Waals surface area contributed by atoms with Crippen LogP contribution in [0.5, 0.6) is 0 Å². The third kappa shape index (κ3) is 3.76. The van der Waals surface area contributed by atoms with E-state index in [9.17, 15) is 14.4 Å². The average Bonchev–Trinajstić information content (AvgIpc) is 3.20. The molecule has 4 fully saturated rings. The van der Waals surface area contributed by atoms with Crippen molar-refractivity contribution in [2.24, 2.45) is 40.4 Å². The summed E-state index contributed by atoms with van der Waals surface area (Å²) < 4.78 is 11.4. The van der Waals surface area contributed by atoms with Gasteiger partial charge in [0.05, 0.1) is 12.7 Å². The molecule has 1 saturated heterocycles. The second-order valence-electron chi connectivity index (χ2n) is 11.3. The molecule has 30 heavy (non-hydrogen) atoms. The van der Waals surface area contributed by atoms with E-state index in [1.54, 1.807) is 0 Å². The van der Waals surface area contributed by atoms with Gasteiger partial charge >= 0.3 is 5.97 Å². The summed E-state index contributed by atoms with van der Waals surface area (Å²) in [5.74, 6) is 2.08. The third-order valence-electron chi connectivity index (χ3n) is 9.50. The Morgan fingerprint density at radius 1 is 1.13 bits per heavy atom. The molecule has 0 bridgehead atoms. The molecule has 3 aliphatic carbocycles. The lowest BCUT2D eigenvalue weighted by atomic mass is 9.56. The maximum atomic E-state index is 12.9. The maximum absolute atomic E-state index is 12.9. The molecular weight excluding hydrogens is 380 g/mol. The van der Waals surface area contributed by atoms with Gasteiger partial charge < -0.3 is 9.47 Å². The molecule has 1 heterocycles. The summed E-state index contributed by atoms with van der Waals surface area (Å²) in [5.41, 5.74) is 0.136. The molecule has 7 unspecified atom stereocenters. The number of fused-ring (bicyclic) bond motifs is 2. The fourth-order valence-corrected chi connectivity index (χ4v) is 7.55. The minimum Gasteiger partial charge on any atom is -0.458 e. The highest BCUT2D eigenvalue weighted by Gasteiger charge is 2.57. The van der Waals surface area contributed by atoms with E-state index >= 15 is 0 Å². The SMILES string of the molecule is CC(=O)OCC(=O)[C@H]1CCC2C(CC3OCC4(C)CCC(=O)CC34)C(C)CCC21C. The van der Waals surface area contributed by atoms with Crippen LogP contribution in [0.3, 0.4) is 0 Å². The number of carbonyl (C=O) groups is 3. The van der Waals surface area contributed by atoms with Crippen LogP contribution in [0.2, 0.25) is 0 Å². The lowest BCUT2D eigenvalue weighted by molar-refractivity contribution is -0.148. The van der Waals surface area contributed by atoms with Crippen molar-refractivity contribution in [3.05, 3.63) is 0 Å². The second kappa shape index (κ2) is 8.03. The van der Waals surface area contributed by atoms with Gasteiger partial charge in [0, 0.05) is 25.7 Å². The van der Waals surface area contributed by atoms with E-state index in [-0.39, 0.29) is 41.2 Å². The predicted molar refractivity (Wildman–Crippen MR) is 113 cm³/mol. The molecule has 0 N–H and O–H groups in total. The molecule has 168 valence electrons. The van der Waals surface area contributed by atoms with Gasteiger partial charge in [0.2, 0.25) is 0 Å². The normalized spacial score (nSPS) is 45.7. The Morgan fingerprint density at radius 3 is 2.63 bits per heavy atom. The lowest BCUT2D eigenvalue weighted by Gasteiger charge is -2.49. The van der Waals surface area contributed by atoms with Crippen LogP contribution in [0.1, 0.15) is 79.1 Å². The van der Waals surface area contributed by atoms with E-state index in [1.807, 2.05) is 0 Å². The topological polar surface area (TPSA) is 69.7 Å². The predicted octanol–water partition coefficient (Wildman–Crippen LogP) is 4.36. The molecule has 0 aromatic carbocycles. The summed E-state index contributed by atoms with van der Waals surface area (Å²) in [6.45, 7) is 9.01. The molecule has 3 saturated carbocycles. The Balaban J connectivity index is 1.48. The summed E-state index contributed by atoms with van der Waals surface area (Å²) >= 11 is 0. The zero-order chi connectivity index (χ0) is 21.7. The van der Waals surface area contributed by atoms with Crippen LogP contribution in [-0.4, -0.2) is 36.9 Å². The first-order valence-corrected chi connectivity index (χ1v) is 11.9. The summed E-state index contributed by atoms with van der Waals surface area (Å²) in [6.07, 6.45) is 7.68. The molecular formula is C25H38O5. The van der Waals surface area contributed by atoms with Gasteiger partial charge in [0.1, 0.15) is 12.4 Å². The molecule has 0 radical (unpaired) electrons. The number of esters is 1. The molecule has 4 rings (SSSR count). The van der Waals surface area contributed by atoms with E-state index in [1.165, 1.54) is 6.92 Å². The zero-order valence-electron chi connectivity index (χ0n) is 19.1. The fourth-order valence-electron chi connectivity index (χ4n) is 7.55. The van der Waals surface area contributed by atoms with Crippen molar-refractivity contribution in [2.75, 3.05) is 13.2 Å². The van der Waals surface area contributed by atoms with Crippen molar-refractivity contribution in [1.29, 1.82) is 0 Å². The highest BCUT2D eigenvalue weighted by atomic mass is 16.5. The second-order valence-corrected chi connectivity index (χ2v) is 11.3. The Labute approximate surface area is 180 Å². The van der Waals surface area contributed by atoms with E-state index in [2.05, 4.69) is 20.8 Å². The van der Waals surface area contributed by atoms with E-state index in [0.29, 0.717) is 42.3 Å². The highest BCUT2D eigenvalue weighted by molar-refractivity contribution is 5.85. The Morgan fingerprint density at radius 2 is 1.90 bits per heavy atom. The summed E-state index contributed by atoms with van der Waals surface area (Å²) in [7, 11) is 0.